The first-order valence-corrected chi connectivity index (χ1v) is 29.6. The smallest absolute Gasteiger partial charge is 0.0541 e. The zero-order chi connectivity index (χ0) is 56.9. The zero-order valence-electron chi connectivity index (χ0n) is 47.2. The van der Waals surface area contributed by atoms with Crippen molar-refractivity contribution in [1.29, 1.82) is 0 Å². The standard InChI is InChI=1S/C84H56N2/c1-3-18-62(19-4-1)73-28-7-8-29-74(73)64-46-44-60(45-47-64)66-23-16-25-68(53-66)67-24-15-22-65(52-67)59-40-36-57(37-41-59)58-38-42-61(43-39-58)69-26-17-27-72(54-69)85-81-34-13-10-31-76(81)78-55-70(48-50-83(78)85)71-49-51-84-79(56-71)77-32-11-14-35-82(77)86(84)80-33-12-9-30-75(80)63-20-5-2-6-21-63/h1-56H. The Balaban J connectivity index is 0.648. The van der Waals surface area contributed by atoms with Crippen LogP contribution in [0.2, 0.25) is 0 Å². The molecular formula is C84H56N2. The summed E-state index contributed by atoms with van der Waals surface area (Å²) in [7, 11) is 0. The van der Waals surface area contributed by atoms with Crippen LogP contribution in [0.15, 0.2) is 340 Å². The highest BCUT2D eigenvalue weighted by atomic mass is 15.0. The number of rotatable bonds is 11. The van der Waals surface area contributed by atoms with Crippen LogP contribution in [-0.4, -0.2) is 9.13 Å². The minimum atomic E-state index is 1.13. The van der Waals surface area contributed by atoms with Gasteiger partial charge in [0.2, 0.25) is 0 Å². The summed E-state index contributed by atoms with van der Waals surface area (Å²) >= 11 is 0. The first-order valence-electron chi connectivity index (χ1n) is 29.6. The topological polar surface area (TPSA) is 9.86 Å². The monoisotopic (exact) mass is 1090 g/mol. The Labute approximate surface area is 501 Å². The van der Waals surface area contributed by atoms with Gasteiger partial charge in [-0.2, -0.15) is 0 Å². The molecule has 0 aliphatic rings. The van der Waals surface area contributed by atoms with Gasteiger partial charge in [0, 0.05) is 32.8 Å². The third kappa shape index (κ3) is 9.09. The van der Waals surface area contributed by atoms with Crippen molar-refractivity contribution >= 4 is 43.6 Å². The summed E-state index contributed by atoms with van der Waals surface area (Å²) in [5, 5.41) is 4.95. The summed E-state index contributed by atoms with van der Waals surface area (Å²) in [6.07, 6.45) is 0. The van der Waals surface area contributed by atoms with Crippen molar-refractivity contribution in [2.24, 2.45) is 0 Å². The lowest BCUT2D eigenvalue weighted by Crippen LogP contribution is -1.97. The molecule has 0 radical (unpaired) electrons. The van der Waals surface area contributed by atoms with Gasteiger partial charge >= 0.3 is 0 Å². The van der Waals surface area contributed by atoms with E-state index in [1.54, 1.807) is 0 Å². The first-order chi connectivity index (χ1) is 42.6. The summed E-state index contributed by atoms with van der Waals surface area (Å²) in [4.78, 5) is 0. The van der Waals surface area contributed by atoms with Gasteiger partial charge in [-0.05, 0) is 161 Å². The molecule has 0 aliphatic heterocycles. The highest BCUT2D eigenvalue weighted by Crippen LogP contribution is 2.42. The summed E-state index contributed by atoms with van der Waals surface area (Å²) in [5.41, 5.74) is 28.7. The first kappa shape index (κ1) is 50.4. The van der Waals surface area contributed by atoms with Crippen LogP contribution in [0.3, 0.4) is 0 Å². The maximum absolute atomic E-state index is 2.43. The Bertz CT molecular complexity index is 5180. The predicted molar refractivity (Wildman–Crippen MR) is 364 cm³/mol. The van der Waals surface area contributed by atoms with Gasteiger partial charge in [-0.3, -0.25) is 0 Å². The second-order valence-corrected chi connectivity index (χ2v) is 22.4. The fraction of sp³-hybridized carbons (Fsp3) is 0. The Morgan fingerprint density at radius 3 is 0.965 bits per heavy atom. The molecule has 0 amide bonds. The predicted octanol–water partition coefficient (Wildman–Crippen LogP) is 22.9. The Hall–Kier alpha value is -11.3. The number of aromatic nitrogens is 2. The van der Waals surface area contributed by atoms with E-state index in [-0.39, 0.29) is 0 Å². The maximum Gasteiger partial charge on any atom is 0.0541 e. The van der Waals surface area contributed by atoms with E-state index in [2.05, 4.69) is 349 Å². The summed E-state index contributed by atoms with van der Waals surface area (Å²) in [6.45, 7) is 0. The molecule has 0 aliphatic carbocycles. The minimum Gasteiger partial charge on any atom is -0.309 e. The lowest BCUT2D eigenvalue weighted by atomic mass is 9.92. The van der Waals surface area contributed by atoms with E-state index in [0.29, 0.717) is 0 Å². The normalized spacial score (nSPS) is 11.5. The highest BCUT2D eigenvalue weighted by molar-refractivity contribution is 6.13. The zero-order valence-corrected chi connectivity index (χ0v) is 47.2. The molecule has 0 bridgehead atoms. The molecule has 16 rings (SSSR count). The van der Waals surface area contributed by atoms with Crippen LogP contribution in [0, 0.1) is 0 Å². The van der Waals surface area contributed by atoms with Gasteiger partial charge in [-0.1, -0.05) is 273 Å². The third-order valence-corrected chi connectivity index (χ3v) is 17.4. The molecule has 0 unspecified atom stereocenters. The summed E-state index contributed by atoms with van der Waals surface area (Å²) in [6, 6.07) is 124. The van der Waals surface area contributed by atoms with Crippen molar-refractivity contribution in [3.05, 3.63) is 340 Å². The summed E-state index contributed by atoms with van der Waals surface area (Å²) in [5.74, 6) is 0. The van der Waals surface area contributed by atoms with Crippen LogP contribution in [0.5, 0.6) is 0 Å². The summed E-state index contributed by atoms with van der Waals surface area (Å²) < 4.78 is 4.86. The van der Waals surface area contributed by atoms with Crippen molar-refractivity contribution in [2.45, 2.75) is 0 Å². The molecule has 2 heterocycles. The van der Waals surface area contributed by atoms with Crippen molar-refractivity contribution in [1.82, 2.24) is 9.13 Å². The van der Waals surface area contributed by atoms with E-state index >= 15 is 0 Å². The van der Waals surface area contributed by atoms with Gasteiger partial charge in [0.25, 0.3) is 0 Å². The molecule has 14 aromatic carbocycles. The Morgan fingerprint density at radius 2 is 0.453 bits per heavy atom. The van der Waals surface area contributed by atoms with Crippen molar-refractivity contribution in [3.8, 4) is 112 Å². The van der Waals surface area contributed by atoms with Crippen LogP contribution in [0.25, 0.3) is 155 Å². The average molecular weight is 1090 g/mol. The van der Waals surface area contributed by atoms with Gasteiger partial charge in [0.15, 0.2) is 0 Å². The van der Waals surface area contributed by atoms with Crippen LogP contribution in [0.4, 0.5) is 0 Å². The van der Waals surface area contributed by atoms with E-state index in [9.17, 15) is 0 Å². The number of hydrogen-bond acceptors (Lipinski definition) is 0. The molecule has 402 valence electrons. The van der Waals surface area contributed by atoms with Gasteiger partial charge in [-0.15, -0.1) is 0 Å². The fourth-order valence-electron chi connectivity index (χ4n) is 13.1. The van der Waals surface area contributed by atoms with Gasteiger partial charge < -0.3 is 9.13 Å². The number of hydrogen-bond donors (Lipinski definition) is 0. The maximum atomic E-state index is 2.43. The van der Waals surface area contributed by atoms with Gasteiger partial charge in [0.1, 0.15) is 0 Å². The van der Waals surface area contributed by atoms with Crippen molar-refractivity contribution < 1.29 is 0 Å². The molecule has 0 atom stereocenters. The van der Waals surface area contributed by atoms with Crippen LogP contribution < -0.4 is 0 Å². The SMILES string of the molecule is c1ccc(-c2ccccc2-c2ccc(-c3cccc(-c4cccc(-c5ccc(-c6ccc(-c7cccc(-n8c9ccccc9c9cc(-c%10ccc%11c(c%10)c%10ccccc%10n%11-c%10ccccc%10-c%10ccccc%10)ccc98)c7)cc6)cc5)c4)c3)cc2)cc1. The molecular weight excluding hydrogens is 1040 g/mol. The second kappa shape index (κ2) is 21.5. The largest absolute Gasteiger partial charge is 0.309 e. The van der Waals surface area contributed by atoms with E-state index in [0.717, 1.165) is 5.69 Å². The number of nitrogens with zero attached hydrogens (tertiary/aromatic N) is 2. The average Bonchev–Trinajstić information content (AvgIpc) is 1.82. The number of fused-ring (bicyclic) bond motifs is 6. The van der Waals surface area contributed by atoms with E-state index in [4.69, 9.17) is 0 Å². The third-order valence-electron chi connectivity index (χ3n) is 17.4. The minimum absolute atomic E-state index is 1.13. The lowest BCUT2D eigenvalue weighted by molar-refractivity contribution is 1.18. The quantitative estimate of drug-likeness (QED) is 0.122. The second-order valence-electron chi connectivity index (χ2n) is 22.4. The number of benzene rings is 14. The Kier molecular flexibility index (Phi) is 12.6. The Morgan fingerprint density at radius 1 is 0.151 bits per heavy atom. The number of para-hydroxylation sites is 3. The van der Waals surface area contributed by atoms with Gasteiger partial charge in [-0.25, -0.2) is 0 Å². The molecule has 2 nitrogen and oxygen atoms in total. The van der Waals surface area contributed by atoms with Crippen LogP contribution in [0.1, 0.15) is 0 Å². The molecule has 0 saturated heterocycles. The molecule has 0 saturated carbocycles. The molecule has 2 aromatic heterocycles. The molecule has 86 heavy (non-hydrogen) atoms. The lowest BCUT2D eigenvalue weighted by Gasteiger charge is -2.14. The van der Waals surface area contributed by atoms with Crippen LogP contribution >= 0.6 is 0 Å². The van der Waals surface area contributed by atoms with Gasteiger partial charge in [0.05, 0.1) is 27.8 Å². The van der Waals surface area contributed by atoms with Crippen LogP contribution in [-0.2, 0) is 0 Å². The van der Waals surface area contributed by atoms with E-state index in [1.165, 1.54) is 149 Å². The molecule has 0 N–H and O–H groups in total. The molecule has 0 fully saturated rings. The highest BCUT2D eigenvalue weighted by Gasteiger charge is 2.19. The van der Waals surface area contributed by atoms with E-state index in [1.807, 2.05) is 0 Å². The van der Waals surface area contributed by atoms with E-state index < -0.39 is 0 Å². The fourth-order valence-corrected chi connectivity index (χ4v) is 13.1. The van der Waals surface area contributed by atoms with Crippen molar-refractivity contribution in [3.63, 3.8) is 0 Å². The molecule has 0 spiro atoms. The molecule has 2 heteroatoms. The molecule has 16 aromatic rings. The van der Waals surface area contributed by atoms with Crippen molar-refractivity contribution in [2.75, 3.05) is 0 Å².